The molecule has 4 heteroatoms. The van der Waals surface area contributed by atoms with Crippen LogP contribution in [0.4, 0.5) is 0 Å². The SMILES string of the molecule is CC(C)C[C@](C)(N)C(=O)OCc1ccccc1.Cl. The molecule has 1 aromatic carbocycles. The molecule has 0 aliphatic rings. The van der Waals surface area contributed by atoms with Crippen LogP contribution in [0, 0.1) is 5.92 Å². The molecule has 102 valence electrons. The number of halogens is 1. The molecule has 1 atom stereocenters. The van der Waals surface area contributed by atoms with Gasteiger partial charge in [0.15, 0.2) is 0 Å². The average Bonchev–Trinajstić information content (AvgIpc) is 2.25. The van der Waals surface area contributed by atoms with Crippen molar-refractivity contribution in [2.45, 2.75) is 39.3 Å². The zero-order valence-corrected chi connectivity index (χ0v) is 12.0. The van der Waals surface area contributed by atoms with Crippen LogP contribution in [0.3, 0.4) is 0 Å². The Balaban J connectivity index is 0.00000289. The molecule has 1 aromatic rings. The third kappa shape index (κ3) is 5.52. The van der Waals surface area contributed by atoms with Crippen molar-refractivity contribution in [2.24, 2.45) is 11.7 Å². The summed E-state index contributed by atoms with van der Waals surface area (Å²) >= 11 is 0. The lowest BCUT2D eigenvalue weighted by atomic mass is 9.92. The smallest absolute Gasteiger partial charge is 0.326 e. The van der Waals surface area contributed by atoms with E-state index >= 15 is 0 Å². The van der Waals surface area contributed by atoms with E-state index < -0.39 is 5.54 Å². The van der Waals surface area contributed by atoms with Crippen LogP contribution in [0.1, 0.15) is 32.8 Å². The Bertz CT molecular complexity index is 363. The number of esters is 1. The summed E-state index contributed by atoms with van der Waals surface area (Å²) in [6.45, 7) is 6.08. The molecule has 0 radical (unpaired) electrons. The summed E-state index contributed by atoms with van der Waals surface area (Å²) in [5, 5.41) is 0. The Kier molecular flexibility index (Phi) is 6.96. The van der Waals surface area contributed by atoms with Crippen LogP contribution in [0.25, 0.3) is 0 Å². The molecule has 0 fully saturated rings. The number of nitrogens with two attached hydrogens (primary N) is 1. The van der Waals surface area contributed by atoms with Gasteiger partial charge in [0.2, 0.25) is 0 Å². The molecule has 18 heavy (non-hydrogen) atoms. The lowest BCUT2D eigenvalue weighted by Gasteiger charge is -2.24. The van der Waals surface area contributed by atoms with E-state index in [4.69, 9.17) is 10.5 Å². The lowest BCUT2D eigenvalue weighted by Crippen LogP contribution is -2.47. The third-order valence-electron chi connectivity index (χ3n) is 2.51. The van der Waals surface area contributed by atoms with Crippen LogP contribution in [-0.2, 0) is 16.1 Å². The van der Waals surface area contributed by atoms with E-state index in [9.17, 15) is 4.79 Å². The fraction of sp³-hybridized carbons (Fsp3) is 0.500. The van der Waals surface area contributed by atoms with E-state index in [1.165, 1.54) is 0 Å². The van der Waals surface area contributed by atoms with E-state index in [1.54, 1.807) is 6.92 Å². The molecule has 0 amide bonds. The number of ether oxygens (including phenoxy) is 1. The summed E-state index contributed by atoms with van der Waals surface area (Å²) in [6.07, 6.45) is 0.626. The Labute approximate surface area is 115 Å². The molecule has 0 aliphatic heterocycles. The summed E-state index contributed by atoms with van der Waals surface area (Å²) in [5.74, 6) is 0.0318. The van der Waals surface area contributed by atoms with Crippen LogP contribution in [0.5, 0.6) is 0 Å². The minimum absolute atomic E-state index is 0. The Morgan fingerprint density at radius 2 is 1.89 bits per heavy atom. The van der Waals surface area contributed by atoms with Crippen LogP contribution in [0.2, 0.25) is 0 Å². The van der Waals surface area contributed by atoms with Gasteiger partial charge in [-0.15, -0.1) is 12.4 Å². The monoisotopic (exact) mass is 271 g/mol. The predicted octanol–water partition coefficient (Wildman–Crippen LogP) is 2.92. The lowest BCUT2D eigenvalue weighted by molar-refractivity contribution is -0.151. The first kappa shape index (κ1) is 16.9. The van der Waals surface area contributed by atoms with Crippen molar-refractivity contribution < 1.29 is 9.53 Å². The Morgan fingerprint density at radius 3 is 2.39 bits per heavy atom. The Morgan fingerprint density at radius 1 is 1.33 bits per heavy atom. The summed E-state index contributed by atoms with van der Waals surface area (Å²) < 4.78 is 5.23. The van der Waals surface area contributed by atoms with E-state index in [-0.39, 0.29) is 25.0 Å². The van der Waals surface area contributed by atoms with E-state index in [2.05, 4.69) is 0 Å². The van der Waals surface area contributed by atoms with Crippen LogP contribution in [0.15, 0.2) is 30.3 Å². The summed E-state index contributed by atoms with van der Waals surface area (Å²) in [6, 6.07) is 9.60. The van der Waals surface area contributed by atoms with Crippen LogP contribution in [-0.4, -0.2) is 11.5 Å². The molecule has 3 nitrogen and oxygen atoms in total. The standard InChI is InChI=1S/C14H21NO2.ClH/c1-11(2)9-14(3,15)13(16)17-10-12-7-5-4-6-8-12;/h4-8,11H,9-10,15H2,1-3H3;1H/t14-;/m0./s1. The maximum Gasteiger partial charge on any atom is 0.326 e. The van der Waals surface area contributed by atoms with Gasteiger partial charge in [-0.2, -0.15) is 0 Å². The number of hydrogen-bond donors (Lipinski definition) is 1. The first-order valence-corrected chi connectivity index (χ1v) is 5.92. The van der Waals surface area contributed by atoms with Crippen LogP contribution < -0.4 is 5.73 Å². The molecule has 0 aliphatic carbocycles. The number of benzene rings is 1. The highest BCUT2D eigenvalue weighted by Crippen LogP contribution is 2.16. The first-order valence-electron chi connectivity index (χ1n) is 5.92. The van der Waals surface area contributed by atoms with Crippen molar-refractivity contribution in [1.82, 2.24) is 0 Å². The summed E-state index contributed by atoms with van der Waals surface area (Å²) in [4.78, 5) is 11.8. The quantitative estimate of drug-likeness (QED) is 0.838. The number of rotatable bonds is 5. The van der Waals surface area contributed by atoms with Crippen molar-refractivity contribution in [3.8, 4) is 0 Å². The van der Waals surface area contributed by atoms with Crippen LogP contribution >= 0.6 is 12.4 Å². The topological polar surface area (TPSA) is 52.3 Å². The van der Waals surface area contributed by atoms with Gasteiger partial charge in [-0.1, -0.05) is 44.2 Å². The van der Waals surface area contributed by atoms with Gasteiger partial charge in [0, 0.05) is 0 Å². The molecule has 0 bridgehead atoms. The van der Waals surface area contributed by atoms with E-state index in [0.29, 0.717) is 12.3 Å². The molecule has 0 unspecified atom stereocenters. The van der Waals surface area contributed by atoms with Gasteiger partial charge in [-0.25, -0.2) is 0 Å². The van der Waals surface area contributed by atoms with Gasteiger partial charge in [-0.3, -0.25) is 4.79 Å². The zero-order valence-electron chi connectivity index (χ0n) is 11.2. The maximum absolute atomic E-state index is 11.8. The van der Waals surface area contributed by atoms with Crippen molar-refractivity contribution in [3.05, 3.63) is 35.9 Å². The predicted molar refractivity (Wildman–Crippen MR) is 75.5 cm³/mol. The van der Waals surface area contributed by atoms with Crippen molar-refractivity contribution in [1.29, 1.82) is 0 Å². The number of hydrogen-bond acceptors (Lipinski definition) is 3. The van der Waals surface area contributed by atoms with Crippen molar-refractivity contribution >= 4 is 18.4 Å². The number of carbonyl (C=O) groups excluding carboxylic acids is 1. The third-order valence-corrected chi connectivity index (χ3v) is 2.51. The Hall–Kier alpha value is -1.06. The van der Waals surface area contributed by atoms with Gasteiger partial charge in [-0.05, 0) is 24.8 Å². The average molecular weight is 272 g/mol. The second kappa shape index (κ2) is 7.39. The molecule has 2 N–H and O–H groups in total. The molecular formula is C14H22ClNO2. The van der Waals surface area contributed by atoms with Gasteiger partial charge in [0.1, 0.15) is 12.1 Å². The van der Waals surface area contributed by atoms with Gasteiger partial charge in [0.05, 0.1) is 0 Å². The van der Waals surface area contributed by atoms with Gasteiger partial charge < -0.3 is 10.5 Å². The zero-order chi connectivity index (χ0) is 12.9. The molecule has 0 aromatic heterocycles. The summed E-state index contributed by atoms with van der Waals surface area (Å²) in [7, 11) is 0. The second-order valence-electron chi connectivity index (χ2n) is 5.08. The number of carbonyl (C=O) groups is 1. The van der Waals surface area contributed by atoms with Crippen molar-refractivity contribution in [2.75, 3.05) is 0 Å². The molecule has 0 spiro atoms. The maximum atomic E-state index is 11.8. The van der Waals surface area contributed by atoms with Gasteiger partial charge in [0.25, 0.3) is 0 Å². The van der Waals surface area contributed by atoms with E-state index in [1.807, 2.05) is 44.2 Å². The fourth-order valence-electron chi connectivity index (χ4n) is 1.82. The molecule has 0 heterocycles. The normalized spacial score (nSPS) is 13.6. The highest BCUT2D eigenvalue weighted by molar-refractivity contribution is 5.85. The fourth-order valence-corrected chi connectivity index (χ4v) is 1.82. The molecule has 1 rings (SSSR count). The molecular weight excluding hydrogens is 250 g/mol. The minimum atomic E-state index is -0.900. The highest BCUT2D eigenvalue weighted by Gasteiger charge is 2.30. The van der Waals surface area contributed by atoms with E-state index in [0.717, 1.165) is 5.56 Å². The largest absolute Gasteiger partial charge is 0.459 e. The van der Waals surface area contributed by atoms with Gasteiger partial charge >= 0.3 is 5.97 Å². The molecule has 0 saturated carbocycles. The molecule has 0 saturated heterocycles. The summed E-state index contributed by atoms with van der Waals surface area (Å²) in [5.41, 5.74) is 6.02. The second-order valence-corrected chi connectivity index (χ2v) is 5.08. The van der Waals surface area contributed by atoms with Crippen molar-refractivity contribution in [3.63, 3.8) is 0 Å². The first-order chi connectivity index (χ1) is 7.92. The highest BCUT2D eigenvalue weighted by atomic mass is 35.5. The minimum Gasteiger partial charge on any atom is -0.459 e.